The Bertz CT molecular complexity index is 2220. The van der Waals surface area contributed by atoms with Gasteiger partial charge in [0.1, 0.15) is 0 Å². The van der Waals surface area contributed by atoms with Crippen molar-refractivity contribution in [2.45, 2.75) is 52.4 Å². The molecule has 1 radical (unpaired) electrons. The van der Waals surface area contributed by atoms with Crippen molar-refractivity contribution >= 4 is 34.1 Å². The van der Waals surface area contributed by atoms with Gasteiger partial charge in [0.2, 0.25) is 0 Å². The quantitative estimate of drug-likeness (QED) is 0.157. The van der Waals surface area contributed by atoms with E-state index in [2.05, 4.69) is 209 Å². The third-order valence-corrected chi connectivity index (χ3v) is 11.6. The molecule has 2 nitrogen and oxygen atoms in total. The van der Waals surface area contributed by atoms with Crippen LogP contribution >= 0.6 is 0 Å². The van der Waals surface area contributed by atoms with Crippen molar-refractivity contribution in [3.63, 3.8) is 0 Å². The number of fused-ring (bicyclic) bond motifs is 6. The standard InChI is InChI=1S/C50H44N2.CH3.V.H2/c1-33-27-39(51(35-19-11-7-12-20-35)36-21-13-8-14-22-36)29-45-47(33)41-31-44-42(32-43(41)49(45,3)4)48-34(2)28-40(30-46(48)50(44,5)6)52(37-23-15-9-16-24-37)38-25-17-10-18-26-38;;;/h7-32H,1-6H3;1H3;;1H/q;-1;;. The summed E-state index contributed by atoms with van der Waals surface area (Å²) in [7, 11) is 0. The first-order valence-corrected chi connectivity index (χ1v) is 18.4. The van der Waals surface area contributed by atoms with E-state index in [0.29, 0.717) is 0 Å². The van der Waals surface area contributed by atoms with Crippen LogP contribution in [0.15, 0.2) is 158 Å². The molecule has 0 N–H and O–H groups in total. The first-order valence-electron chi connectivity index (χ1n) is 18.4. The molecule has 0 aliphatic heterocycles. The number of anilines is 6. The summed E-state index contributed by atoms with van der Waals surface area (Å²) in [5.41, 5.74) is 20.4. The van der Waals surface area contributed by atoms with Gasteiger partial charge in [-0.2, -0.15) is 0 Å². The molecule has 0 aromatic heterocycles. The first-order chi connectivity index (χ1) is 25.1. The molecule has 9 rings (SSSR count). The van der Waals surface area contributed by atoms with E-state index in [9.17, 15) is 0 Å². The van der Waals surface area contributed by atoms with E-state index in [1.54, 1.807) is 0 Å². The number of rotatable bonds is 6. The van der Waals surface area contributed by atoms with Crippen LogP contribution < -0.4 is 9.80 Å². The Balaban J connectivity index is 0.00000171. The number of para-hydroxylation sites is 4. The molecule has 0 fully saturated rings. The Morgan fingerprint density at radius 1 is 0.370 bits per heavy atom. The van der Waals surface area contributed by atoms with Crippen LogP contribution in [-0.4, -0.2) is 0 Å². The maximum absolute atomic E-state index is 2.54. The van der Waals surface area contributed by atoms with Gasteiger partial charge in [-0.1, -0.05) is 100 Å². The fraction of sp³-hybridized carbons (Fsp3) is 0.157. The van der Waals surface area contributed by atoms with Crippen LogP contribution in [-0.2, 0) is 29.4 Å². The van der Waals surface area contributed by atoms with Gasteiger partial charge in [-0.3, -0.25) is 0 Å². The van der Waals surface area contributed by atoms with Gasteiger partial charge in [-0.25, -0.2) is 0 Å². The molecule has 0 atom stereocenters. The minimum absolute atomic E-state index is 0. The fourth-order valence-electron chi connectivity index (χ4n) is 9.04. The van der Waals surface area contributed by atoms with Crippen LogP contribution in [0, 0.1) is 21.3 Å². The van der Waals surface area contributed by atoms with E-state index in [1.807, 2.05) is 0 Å². The largest absolute Gasteiger partial charge is 0.358 e. The van der Waals surface area contributed by atoms with Gasteiger partial charge in [0.15, 0.2) is 0 Å². The van der Waals surface area contributed by atoms with Crippen molar-refractivity contribution in [3.05, 3.63) is 199 Å². The van der Waals surface area contributed by atoms with Crippen LogP contribution in [0.25, 0.3) is 22.3 Å². The molecule has 0 amide bonds. The number of nitrogens with zero attached hydrogens (tertiary/aromatic N) is 2. The van der Waals surface area contributed by atoms with Crippen molar-refractivity contribution in [3.8, 4) is 22.3 Å². The van der Waals surface area contributed by atoms with E-state index in [-0.39, 0.29) is 38.2 Å². The molecule has 2 aliphatic rings. The molecular weight excluding hydrogens is 692 g/mol. The smallest absolute Gasteiger partial charge is 0.0467 e. The zero-order valence-electron chi connectivity index (χ0n) is 32.4. The Hall–Kier alpha value is -5.28. The number of benzene rings is 7. The summed E-state index contributed by atoms with van der Waals surface area (Å²) in [5.74, 6) is 0. The minimum Gasteiger partial charge on any atom is -0.358 e. The summed E-state index contributed by atoms with van der Waals surface area (Å²) >= 11 is 0. The maximum atomic E-state index is 2.54. The van der Waals surface area contributed by atoms with Crippen LogP contribution in [0.5, 0.6) is 0 Å². The van der Waals surface area contributed by atoms with Crippen LogP contribution in [0.2, 0.25) is 0 Å². The van der Waals surface area contributed by atoms with E-state index >= 15 is 0 Å². The second kappa shape index (κ2) is 13.9. The Labute approximate surface area is 335 Å². The summed E-state index contributed by atoms with van der Waals surface area (Å²) in [6, 6.07) is 57.7. The third-order valence-electron chi connectivity index (χ3n) is 11.6. The van der Waals surface area contributed by atoms with Gasteiger partial charge >= 0.3 is 0 Å². The molecule has 54 heavy (non-hydrogen) atoms. The molecule has 0 spiro atoms. The zero-order valence-corrected chi connectivity index (χ0v) is 33.7. The van der Waals surface area contributed by atoms with Crippen molar-refractivity contribution in [2.75, 3.05) is 9.80 Å². The fourth-order valence-corrected chi connectivity index (χ4v) is 9.04. The van der Waals surface area contributed by atoms with E-state index in [1.165, 1.54) is 67.0 Å². The van der Waals surface area contributed by atoms with Gasteiger partial charge in [0, 0.05) is 64.9 Å². The molecule has 7 aromatic rings. The van der Waals surface area contributed by atoms with Gasteiger partial charge in [0.25, 0.3) is 0 Å². The first kappa shape index (κ1) is 37.1. The summed E-state index contributed by atoms with van der Waals surface area (Å²) in [6.07, 6.45) is 0. The van der Waals surface area contributed by atoms with Crippen LogP contribution in [0.4, 0.5) is 34.1 Å². The van der Waals surface area contributed by atoms with Crippen molar-refractivity contribution in [1.82, 2.24) is 0 Å². The molecule has 0 heterocycles. The molecule has 269 valence electrons. The maximum Gasteiger partial charge on any atom is 0.0467 e. The predicted molar refractivity (Wildman–Crippen MR) is 229 cm³/mol. The monoisotopic (exact) mass is 740 g/mol. The zero-order chi connectivity index (χ0) is 35.8. The molecule has 3 heteroatoms. The number of aryl methyl sites for hydroxylation is 2. The summed E-state index contributed by atoms with van der Waals surface area (Å²) in [6.45, 7) is 14.3. The molecule has 0 saturated carbocycles. The average molecular weight is 741 g/mol. The van der Waals surface area contributed by atoms with Crippen molar-refractivity contribution in [1.29, 1.82) is 0 Å². The predicted octanol–water partition coefficient (Wildman–Crippen LogP) is 14.5. The molecule has 0 saturated heterocycles. The molecule has 0 unspecified atom stereocenters. The second-order valence-electron chi connectivity index (χ2n) is 15.6. The van der Waals surface area contributed by atoms with Gasteiger partial charge in [-0.15, -0.1) is 0 Å². The van der Waals surface area contributed by atoms with Gasteiger partial charge < -0.3 is 17.2 Å². The SMILES string of the molecule is Cc1cc(N(c2ccccc2)c2ccccc2)cc2c1-c1cc3c(cc1C2(C)C)-c1c(C)cc(N(c2ccccc2)c2ccccc2)cc1C3(C)C.[CH3-].[HH].[V]. The van der Waals surface area contributed by atoms with Crippen molar-refractivity contribution < 1.29 is 20.0 Å². The van der Waals surface area contributed by atoms with Crippen molar-refractivity contribution in [2.24, 2.45) is 0 Å². The van der Waals surface area contributed by atoms with Crippen LogP contribution in [0.1, 0.15) is 62.5 Å². The topological polar surface area (TPSA) is 6.48 Å². The van der Waals surface area contributed by atoms with E-state index < -0.39 is 0 Å². The minimum atomic E-state index is -0.169. The molecular formula is C51H49N2V-. The van der Waals surface area contributed by atoms with E-state index in [0.717, 1.165) is 22.7 Å². The molecule has 7 aromatic carbocycles. The Morgan fingerprint density at radius 2 is 0.648 bits per heavy atom. The Kier molecular flexibility index (Phi) is 9.51. The second-order valence-corrected chi connectivity index (χ2v) is 15.6. The van der Waals surface area contributed by atoms with Gasteiger partial charge in [-0.05, 0) is 154 Å². The normalized spacial score (nSPS) is 13.7. The summed E-state index contributed by atoms with van der Waals surface area (Å²) in [5, 5.41) is 0. The molecule has 2 aliphatic carbocycles. The average Bonchev–Trinajstić information content (AvgIpc) is 3.52. The molecule has 0 bridgehead atoms. The number of hydrogen-bond donors (Lipinski definition) is 0. The third kappa shape index (κ3) is 5.72. The number of hydrogen-bond acceptors (Lipinski definition) is 2. The van der Waals surface area contributed by atoms with Gasteiger partial charge in [0.05, 0.1) is 0 Å². The van der Waals surface area contributed by atoms with E-state index in [4.69, 9.17) is 0 Å². The summed E-state index contributed by atoms with van der Waals surface area (Å²) < 4.78 is 0. The summed E-state index contributed by atoms with van der Waals surface area (Å²) in [4.78, 5) is 4.78. The Morgan fingerprint density at radius 3 is 0.926 bits per heavy atom. The van der Waals surface area contributed by atoms with Crippen LogP contribution in [0.3, 0.4) is 0 Å².